The van der Waals surface area contributed by atoms with Crippen LogP contribution in [0.5, 0.6) is 0 Å². The Morgan fingerprint density at radius 1 is 1.09 bits per heavy atom. The number of nitrogens with zero attached hydrogens (tertiary/aromatic N) is 1. The largest absolute Gasteiger partial charge is 0.453 e. The number of hydrogen-bond acceptors (Lipinski definition) is 5. The van der Waals surface area contributed by atoms with Gasteiger partial charge in [0.1, 0.15) is 12.6 Å². The number of hydrogen-bond donors (Lipinski definition) is 4. The molecule has 43 heavy (non-hydrogen) atoms. The molecule has 2 atom stereocenters. The highest BCUT2D eigenvalue weighted by molar-refractivity contribution is 6.30. The Kier molecular flexibility index (Phi) is 10.9. The molecule has 0 bridgehead atoms. The first kappa shape index (κ1) is 33.5. The Morgan fingerprint density at radius 3 is 2.37 bits per heavy atom. The third-order valence-corrected chi connectivity index (χ3v) is 6.61. The van der Waals surface area contributed by atoms with Crippen LogP contribution >= 0.6 is 11.6 Å². The zero-order valence-corrected chi connectivity index (χ0v) is 23.2. The van der Waals surface area contributed by atoms with Crippen LogP contribution in [0.15, 0.2) is 53.3 Å². The summed E-state index contributed by atoms with van der Waals surface area (Å²) < 4.78 is 83.5. The van der Waals surface area contributed by atoms with Crippen LogP contribution in [0.2, 0.25) is 5.02 Å². The van der Waals surface area contributed by atoms with E-state index in [1.807, 2.05) is 0 Å². The predicted molar refractivity (Wildman–Crippen MR) is 143 cm³/mol. The zero-order valence-electron chi connectivity index (χ0n) is 22.5. The summed E-state index contributed by atoms with van der Waals surface area (Å²) in [6.07, 6.45) is -14.0. The maximum absolute atomic E-state index is 13.3. The summed E-state index contributed by atoms with van der Waals surface area (Å²) in [6, 6.07) is 9.05. The topological polar surface area (TPSA) is 125 Å². The van der Waals surface area contributed by atoms with Gasteiger partial charge >= 0.3 is 18.4 Å². The number of nitrogens with one attached hydrogen (secondary N) is 3. The van der Waals surface area contributed by atoms with E-state index in [0.717, 1.165) is 30.0 Å². The van der Waals surface area contributed by atoms with Gasteiger partial charge in [-0.1, -0.05) is 35.9 Å². The van der Waals surface area contributed by atoms with Gasteiger partial charge < -0.3 is 20.5 Å². The summed E-state index contributed by atoms with van der Waals surface area (Å²) >= 11 is 5.93. The standard InChI is InChI=1S/C27H27ClF6N4O5/c1-43-25(42)35-13-20(16-4-2-5-17(12-16)26(29,30)31)36-22(40)14-38-24(41)19(6-3-7-21(39)27(32,33)34)23(37-38)15-8-10-18(28)11-9-15/h2,4-5,8-12,20-21,37,39H,3,6-7,13-14H2,1H3,(H,35,42)(H,36,40). The Labute approximate surface area is 245 Å². The maximum atomic E-state index is 13.3. The van der Waals surface area contributed by atoms with Gasteiger partial charge in [0.05, 0.1) is 24.4 Å². The molecule has 4 N–H and O–H groups in total. The molecule has 0 aliphatic rings. The number of carbonyl (C=O) groups excluding carboxylic acids is 2. The normalized spacial score (nSPS) is 13.3. The molecule has 0 saturated carbocycles. The van der Waals surface area contributed by atoms with E-state index in [1.165, 1.54) is 18.2 Å². The smallest absolute Gasteiger partial charge is 0.416 e. The van der Waals surface area contributed by atoms with Gasteiger partial charge in [-0.3, -0.25) is 14.7 Å². The Hall–Kier alpha value is -3.98. The number of aromatic nitrogens is 2. The molecule has 1 heterocycles. The van der Waals surface area contributed by atoms with Crippen molar-refractivity contribution < 1.29 is 45.8 Å². The van der Waals surface area contributed by atoms with Crippen molar-refractivity contribution in [2.24, 2.45) is 0 Å². The van der Waals surface area contributed by atoms with E-state index in [1.54, 1.807) is 12.1 Å². The highest BCUT2D eigenvalue weighted by Gasteiger charge is 2.37. The highest BCUT2D eigenvalue weighted by atomic mass is 35.5. The number of alkyl halides is 6. The molecule has 0 aliphatic carbocycles. The Bertz CT molecular complexity index is 1470. The molecule has 234 valence electrons. The van der Waals surface area contributed by atoms with Crippen LogP contribution in [-0.2, 0) is 28.7 Å². The minimum absolute atomic E-state index is 0.00387. The van der Waals surface area contributed by atoms with Crippen LogP contribution in [0, 0.1) is 0 Å². The molecule has 0 radical (unpaired) electrons. The molecule has 16 heteroatoms. The molecular weight excluding hydrogens is 610 g/mol. The fourth-order valence-corrected chi connectivity index (χ4v) is 4.31. The number of methoxy groups -OCH3 is 1. The summed E-state index contributed by atoms with van der Waals surface area (Å²) in [7, 11) is 1.07. The van der Waals surface area contributed by atoms with Crippen molar-refractivity contribution in [2.45, 2.75) is 50.3 Å². The number of ether oxygens (including phenoxy) is 1. The minimum Gasteiger partial charge on any atom is -0.453 e. The lowest BCUT2D eigenvalue weighted by Crippen LogP contribution is -2.40. The minimum atomic E-state index is -4.83. The summed E-state index contributed by atoms with van der Waals surface area (Å²) in [5, 5.41) is 17.3. The molecule has 3 aromatic rings. The predicted octanol–water partition coefficient (Wildman–Crippen LogP) is 4.98. The van der Waals surface area contributed by atoms with Crippen molar-refractivity contribution in [3.8, 4) is 11.3 Å². The third kappa shape index (κ3) is 9.25. The summed E-state index contributed by atoms with van der Waals surface area (Å²) in [5.74, 6) is -0.834. The lowest BCUT2D eigenvalue weighted by molar-refractivity contribution is -0.205. The van der Waals surface area contributed by atoms with Gasteiger partial charge in [-0.25, -0.2) is 9.48 Å². The van der Waals surface area contributed by atoms with Gasteiger partial charge in [0.15, 0.2) is 0 Å². The highest BCUT2D eigenvalue weighted by Crippen LogP contribution is 2.31. The first-order valence-electron chi connectivity index (χ1n) is 12.7. The second-order valence-electron chi connectivity index (χ2n) is 9.43. The van der Waals surface area contributed by atoms with Gasteiger partial charge in [-0.2, -0.15) is 26.3 Å². The molecule has 1 aromatic heterocycles. The molecule has 0 spiro atoms. The molecule has 2 unspecified atom stereocenters. The molecular formula is C27H27ClF6N4O5. The fourth-order valence-electron chi connectivity index (χ4n) is 4.18. The fraction of sp³-hybridized carbons (Fsp3) is 0.370. The second kappa shape index (κ2) is 14.0. The van der Waals surface area contributed by atoms with E-state index in [2.05, 4.69) is 20.5 Å². The van der Waals surface area contributed by atoms with Gasteiger partial charge in [0.2, 0.25) is 5.91 Å². The van der Waals surface area contributed by atoms with Gasteiger partial charge in [-0.15, -0.1) is 0 Å². The third-order valence-electron chi connectivity index (χ3n) is 6.36. The number of carbonyl (C=O) groups is 2. The van der Waals surface area contributed by atoms with Crippen LogP contribution in [-0.4, -0.2) is 52.8 Å². The van der Waals surface area contributed by atoms with Gasteiger partial charge in [0.25, 0.3) is 5.56 Å². The Morgan fingerprint density at radius 2 is 1.77 bits per heavy atom. The maximum Gasteiger partial charge on any atom is 0.416 e. The van der Waals surface area contributed by atoms with Gasteiger partial charge in [-0.05, 0) is 54.7 Å². The van der Waals surface area contributed by atoms with Crippen molar-refractivity contribution in [1.29, 1.82) is 0 Å². The zero-order chi connectivity index (χ0) is 31.9. The molecule has 3 rings (SSSR count). The SMILES string of the molecule is COC(=O)NCC(NC(=O)Cn1[nH]c(-c2ccc(Cl)cc2)c(CCCC(O)C(F)(F)F)c1=O)c1cccc(C(F)(F)F)c1. The lowest BCUT2D eigenvalue weighted by atomic mass is 10.0. The molecule has 0 saturated heterocycles. The van der Waals surface area contributed by atoms with Crippen LogP contribution in [0.4, 0.5) is 31.1 Å². The monoisotopic (exact) mass is 636 g/mol. The first-order valence-corrected chi connectivity index (χ1v) is 13.1. The summed E-state index contributed by atoms with van der Waals surface area (Å²) in [5.41, 5.74) is -1.02. The van der Waals surface area contributed by atoms with Crippen molar-refractivity contribution in [2.75, 3.05) is 13.7 Å². The van der Waals surface area contributed by atoms with Crippen LogP contribution in [0.1, 0.15) is 35.6 Å². The number of aliphatic hydroxyl groups is 1. The number of aliphatic hydroxyl groups excluding tert-OH is 1. The van der Waals surface area contributed by atoms with E-state index in [0.29, 0.717) is 10.6 Å². The number of benzene rings is 2. The molecule has 0 fully saturated rings. The van der Waals surface area contributed by atoms with E-state index in [9.17, 15) is 45.8 Å². The van der Waals surface area contributed by atoms with Crippen molar-refractivity contribution in [3.05, 3.63) is 80.6 Å². The molecule has 9 nitrogen and oxygen atoms in total. The van der Waals surface area contributed by atoms with Crippen molar-refractivity contribution >= 4 is 23.6 Å². The first-order chi connectivity index (χ1) is 20.1. The number of alkyl carbamates (subject to hydrolysis) is 1. The Balaban J connectivity index is 1.88. The molecule has 0 aliphatic heterocycles. The van der Waals surface area contributed by atoms with E-state index in [-0.39, 0.29) is 36.2 Å². The quantitative estimate of drug-likeness (QED) is 0.221. The van der Waals surface area contributed by atoms with Crippen molar-refractivity contribution in [3.63, 3.8) is 0 Å². The molecule has 2 amide bonds. The van der Waals surface area contributed by atoms with Crippen LogP contribution in [0.3, 0.4) is 0 Å². The lowest BCUT2D eigenvalue weighted by Gasteiger charge is -2.21. The van der Waals surface area contributed by atoms with E-state index in [4.69, 9.17) is 11.6 Å². The van der Waals surface area contributed by atoms with Crippen molar-refractivity contribution in [1.82, 2.24) is 20.4 Å². The summed E-state index contributed by atoms with van der Waals surface area (Å²) in [6.45, 7) is -1.01. The van der Waals surface area contributed by atoms with E-state index < -0.39 is 60.6 Å². The average molecular weight is 637 g/mol. The second-order valence-corrected chi connectivity index (χ2v) is 9.87. The van der Waals surface area contributed by atoms with Crippen LogP contribution < -0.4 is 16.2 Å². The summed E-state index contributed by atoms with van der Waals surface area (Å²) in [4.78, 5) is 37.9. The molecule has 2 aromatic carbocycles. The number of amides is 2. The number of halogens is 7. The van der Waals surface area contributed by atoms with Crippen LogP contribution in [0.25, 0.3) is 11.3 Å². The number of H-pyrrole nitrogens is 1. The van der Waals surface area contributed by atoms with Gasteiger partial charge in [0, 0.05) is 17.1 Å². The van der Waals surface area contributed by atoms with E-state index >= 15 is 0 Å². The average Bonchev–Trinajstić information content (AvgIpc) is 3.24. The number of aromatic amines is 1. The number of rotatable bonds is 11.